The molecule has 0 bridgehead atoms. The van der Waals surface area contributed by atoms with Crippen LogP contribution in [0.4, 0.5) is 0 Å². The maximum absolute atomic E-state index is 11.6. The third kappa shape index (κ3) is 1.49. The Morgan fingerprint density at radius 2 is 2.27 bits per heavy atom. The normalized spacial score (nSPS) is 10.8. The maximum atomic E-state index is 11.6. The minimum Gasteiger partial charge on any atom is -0.462 e. The van der Waals surface area contributed by atoms with Crippen LogP contribution in [0.15, 0.2) is 18.6 Å². The second-order valence-electron chi connectivity index (χ2n) is 3.13. The van der Waals surface area contributed by atoms with Gasteiger partial charge in [0.25, 0.3) is 0 Å². The first kappa shape index (κ1) is 9.76. The molecule has 0 aliphatic rings. The first-order chi connectivity index (χ1) is 7.27. The Morgan fingerprint density at radius 3 is 2.93 bits per heavy atom. The van der Waals surface area contributed by atoms with Crippen LogP contribution in [0.5, 0.6) is 0 Å². The van der Waals surface area contributed by atoms with Gasteiger partial charge < -0.3 is 9.30 Å². The molecule has 0 amide bonds. The molecule has 5 nitrogen and oxygen atoms in total. The van der Waals surface area contributed by atoms with E-state index in [0.29, 0.717) is 12.2 Å². The summed E-state index contributed by atoms with van der Waals surface area (Å²) in [5, 5.41) is 4.09. The summed E-state index contributed by atoms with van der Waals surface area (Å²) in [6, 6.07) is 0. The van der Waals surface area contributed by atoms with Crippen LogP contribution in [-0.2, 0) is 11.3 Å². The number of hydrogen-bond acceptors (Lipinski definition) is 3. The molecule has 2 heterocycles. The monoisotopic (exact) mass is 207 g/mol. The average molecular weight is 207 g/mol. The molecule has 0 radical (unpaired) electrons. The van der Waals surface area contributed by atoms with Gasteiger partial charge in [0.05, 0.1) is 12.8 Å². The molecule has 0 aliphatic heterocycles. The summed E-state index contributed by atoms with van der Waals surface area (Å²) >= 11 is 0. The fourth-order valence-electron chi connectivity index (χ4n) is 1.57. The lowest BCUT2D eigenvalue weighted by atomic mass is 10.3. The Labute approximate surface area is 87.3 Å². The highest BCUT2D eigenvalue weighted by molar-refractivity contribution is 5.95. The maximum Gasteiger partial charge on any atom is 0.343 e. The van der Waals surface area contributed by atoms with Gasteiger partial charge in [-0.1, -0.05) is 0 Å². The Balaban J connectivity index is 2.50. The summed E-state index contributed by atoms with van der Waals surface area (Å²) in [5.74, 6) is -0.319. The van der Waals surface area contributed by atoms with Crippen molar-refractivity contribution in [1.82, 2.24) is 14.2 Å². The fourth-order valence-corrected chi connectivity index (χ4v) is 1.57. The van der Waals surface area contributed by atoms with Crippen LogP contribution < -0.4 is 0 Å². The van der Waals surface area contributed by atoms with Crippen LogP contribution in [0.1, 0.15) is 24.2 Å². The number of imidazole rings is 1. The van der Waals surface area contributed by atoms with E-state index in [0.717, 1.165) is 12.2 Å². The molecule has 80 valence electrons. The van der Waals surface area contributed by atoms with E-state index in [9.17, 15) is 4.79 Å². The van der Waals surface area contributed by atoms with Gasteiger partial charge in [0.15, 0.2) is 0 Å². The number of carbonyl (C=O) groups is 1. The zero-order chi connectivity index (χ0) is 10.8. The third-order valence-electron chi connectivity index (χ3n) is 2.27. The van der Waals surface area contributed by atoms with Crippen molar-refractivity contribution in [3.63, 3.8) is 0 Å². The number of aromatic nitrogens is 3. The SMILES string of the molecule is CCOC(=O)c1cnn2ccn(CC)c12. The highest BCUT2D eigenvalue weighted by atomic mass is 16.5. The number of esters is 1. The van der Waals surface area contributed by atoms with Gasteiger partial charge in [0.2, 0.25) is 0 Å². The molecule has 2 aromatic heterocycles. The Hall–Kier alpha value is -1.78. The average Bonchev–Trinajstić information content (AvgIpc) is 2.77. The molecular formula is C10H13N3O2. The van der Waals surface area contributed by atoms with E-state index in [2.05, 4.69) is 5.10 Å². The van der Waals surface area contributed by atoms with E-state index >= 15 is 0 Å². The molecule has 2 aromatic rings. The largest absolute Gasteiger partial charge is 0.462 e. The smallest absolute Gasteiger partial charge is 0.343 e. The van der Waals surface area contributed by atoms with Crippen LogP contribution in [-0.4, -0.2) is 26.8 Å². The van der Waals surface area contributed by atoms with Crippen molar-refractivity contribution < 1.29 is 9.53 Å². The van der Waals surface area contributed by atoms with Gasteiger partial charge in [-0.3, -0.25) is 0 Å². The van der Waals surface area contributed by atoms with Gasteiger partial charge in [0.1, 0.15) is 11.2 Å². The van der Waals surface area contributed by atoms with E-state index in [1.165, 1.54) is 0 Å². The predicted octanol–water partition coefficient (Wildman–Crippen LogP) is 1.33. The van der Waals surface area contributed by atoms with E-state index in [4.69, 9.17) is 4.74 Å². The minimum atomic E-state index is -0.319. The van der Waals surface area contributed by atoms with Gasteiger partial charge >= 0.3 is 5.97 Å². The molecule has 2 rings (SSSR count). The Bertz CT molecular complexity index is 484. The lowest BCUT2D eigenvalue weighted by Crippen LogP contribution is -2.06. The highest BCUT2D eigenvalue weighted by Crippen LogP contribution is 2.12. The number of carbonyl (C=O) groups excluding carboxylic acids is 1. The molecule has 0 saturated heterocycles. The van der Waals surface area contributed by atoms with Gasteiger partial charge in [-0.2, -0.15) is 5.10 Å². The molecule has 5 heteroatoms. The number of hydrogen-bond donors (Lipinski definition) is 0. The predicted molar refractivity (Wildman–Crippen MR) is 54.8 cm³/mol. The third-order valence-corrected chi connectivity index (χ3v) is 2.27. The van der Waals surface area contributed by atoms with E-state index < -0.39 is 0 Å². The summed E-state index contributed by atoms with van der Waals surface area (Å²) < 4.78 is 8.59. The first-order valence-corrected chi connectivity index (χ1v) is 4.97. The van der Waals surface area contributed by atoms with Gasteiger partial charge in [-0.05, 0) is 13.8 Å². The van der Waals surface area contributed by atoms with Crippen molar-refractivity contribution >= 4 is 11.6 Å². The van der Waals surface area contributed by atoms with Crippen molar-refractivity contribution in [3.8, 4) is 0 Å². The van der Waals surface area contributed by atoms with Crippen molar-refractivity contribution in [2.75, 3.05) is 6.61 Å². The molecule has 15 heavy (non-hydrogen) atoms. The van der Waals surface area contributed by atoms with Gasteiger partial charge in [0, 0.05) is 18.9 Å². The number of aryl methyl sites for hydroxylation is 1. The van der Waals surface area contributed by atoms with Crippen molar-refractivity contribution in [3.05, 3.63) is 24.2 Å². The second kappa shape index (κ2) is 3.76. The molecule has 0 aromatic carbocycles. The van der Waals surface area contributed by atoms with Crippen molar-refractivity contribution in [2.45, 2.75) is 20.4 Å². The van der Waals surface area contributed by atoms with E-state index in [1.807, 2.05) is 23.9 Å². The topological polar surface area (TPSA) is 48.5 Å². The van der Waals surface area contributed by atoms with Crippen molar-refractivity contribution in [2.24, 2.45) is 0 Å². The standard InChI is InChI=1S/C10H13N3O2/c1-3-12-5-6-13-9(12)8(7-11-13)10(14)15-4-2/h5-7H,3-4H2,1-2H3. The first-order valence-electron chi connectivity index (χ1n) is 4.97. The molecule has 0 saturated carbocycles. The van der Waals surface area contributed by atoms with Crippen LogP contribution in [0.2, 0.25) is 0 Å². The number of ether oxygens (including phenoxy) is 1. The second-order valence-corrected chi connectivity index (χ2v) is 3.13. The molecule has 0 N–H and O–H groups in total. The molecule has 0 unspecified atom stereocenters. The van der Waals surface area contributed by atoms with E-state index in [-0.39, 0.29) is 5.97 Å². The molecular weight excluding hydrogens is 194 g/mol. The molecule has 0 spiro atoms. The minimum absolute atomic E-state index is 0.319. The van der Waals surface area contributed by atoms with Crippen LogP contribution in [0.25, 0.3) is 5.65 Å². The lowest BCUT2D eigenvalue weighted by molar-refractivity contribution is 0.0528. The van der Waals surface area contributed by atoms with Crippen LogP contribution >= 0.6 is 0 Å². The number of nitrogens with zero attached hydrogens (tertiary/aromatic N) is 3. The van der Waals surface area contributed by atoms with Gasteiger partial charge in [-0.15, -0.1) is 0 Å². The number of fused-ring (bicyclic) bond motifs is 1. The molecule has 0 fully saturated rings. The summed E-state index contributed by atoms with van der Waals surface area (Å²) in [4.78, 5) is 11.6. The van der Waals surface area contributed by atoms with Crippen LogP contribution in [0.3, 0.4) is 0 Å². The summed E-state index contributed by atoms with van der Waals surface area (Å²) in [7, 11) is 0. The van der Waals surface area contributed by atoms with E-state index in [1.54, 1.807) is 17.6 Å². The van der Waals surface area contributed by atoms with Crippen LogP contribution in [0, 0.1) is 0 Å². The number of rotatable bonds is 3. The summed E-state index contributed by atoms with van der Waals surface area (Å²) in [5.41, 5.74) is 1.31. The molecule has 0 aliphatic carbocycles. The van der Waals surface area contributed by atoms with Crippen molar-refractivity contribution in [1.29, 1.82) is 0 Å². The highest BCUT2D eigenvalue weighted by Gasteiger charge is 2.16. The Kier molecular flexibility index (Phi) is 2.45. The fraction of sp³-hybridized carbons (Fsp3) is 0.400. The van der Waals surface area contributed by atoms with Gasteiger partial charge in [-0.25, -0.2) is 9.31 Å². The zero-order valence-electron chi connectivity index (χ0n) is 8.80. The Morgan fingerprint density at radius 1 is 1.47 bits per heavy atom. The zero-order valence-corrected chi connectivity index (χ0v) is 8.80. The lowest BCUT2D eigenvalue weighted by Gasteiger charge is -2.01. The molecule has 0 atom stereocenters. The quantitative estimate of drug-likeness (QED) is 0.713. The summed E-state index contributed by atoms with van der Waals surface area (Å²) in [6.07, 6.45) is 5.26. The summed E-state index contributed by atoms with van der Waals surface area (Å²) in [6.45, 7) is 4.98.